The number of para-hydroxylation sites is 3. The van der Waals surface area contributed by atoms with Crippen LogP contribution in [0.2, 0.25) is 0 Å². The lowest BCUT2D eigenvalue weighted by Crippen LogP contribution is -2.14. The first-order valence-corrected chi connectivity index (χ1v) is 10.8. The van der Waals surface area contributed by atoms with E-state index in [4.69, 9.17) is 4.74 Å². The summed E-state index contributed by atoms with van der Waals surface area (Å²) in [6.45, 7) is 2.47. The Bertz CT molecular complexity index is 1150. The minimum atomic E-state index is -0.119. The Balaban J connectivity index is 1.65. The van der Waals surface area contributed by atoms with Crippen LogP contribution in [-0.4, -0.2) is 38.0 Å². The Kier molecular flexibility index (Phi) is 6.59. The molecule has 0 spiro atoms. The van der Waals surface area contributed by atoms with E-state index in [2.05, 4.69) is 20.5 Å². The first-order valence-electron chi connectivity index (χ1n) is 9.82. The van der Waals surface area contributed by atoms with Gasteiger partial charge in [-0.3, -0.25) is 14.3 Å². The summed E-state index contributed by atoms with van der Waals surface area (Å²) in [5.41, 5.74) is 2.38. The molecule has 0 aliphatic rings. The number of benzene rings is 2. The fourth-order valence-corrected chi connectivity index (χ4v) is 3.78. The van der Waals surface area contributed by atoms with Crippen LogP contribution in [0.4, 0.5) is 5.69 Å². The van der Waals surface area contributed by atoms with Crippen molar-refractivity contribution in [3.05, 3.63) is 79.1 Å². The van der Waals surface area contributed by atoms with Crippen molar-refractivity contribution in [2.45, 2.75) is 12.1 Å². The summed E-state index contributed by atoms with van der Waals surface area (Å²) in [4.78, 5) is 16.7. The van der Waals surface area contributed by atoms with Crippen molar-refractivity contribution in [2.75, 3.05) is 17.7 Å². The second kappa shape index (κ2) is 9.90. The minimum Gasteiger partial charge on any atom is -0.492 e. The Hall–Kier alpha value is -3.65. The molecule has 0 saturated carbocycles. The summed E-state index contributed by atoms with van der Waals surface area (Å²) in [5, 5.41) is 12.2. The molecule has 1 N–H and O–H groups in total. The van der Waals surface area contributed by atoms with Crippen molar-refractivity contribution >= 4 is 23.4 Å². The third-order valence-electron chi connectivity index (χ3n) is 4.35. The molecule has 0 saturated heterocycles. The van der Waals surface area contributed by atoms with Crippen LogP contribution in [0.5, 0.6) is 5.75 Å². The fraction of sp³-hybridized carbons (Fsp3) is 0.130. The summed E-state index contributed by atoms with van der Waals surface area (Å²) in [5.74, 6) is 1.42. The second-order valence-corrected chi connectivity index (χ2v) is 7.43. The SMILES string of the molecule is CCOc1ccccc1-n1c(SCC(=O)Nc2ccccc2)nnc1-c1cccnc1. The first kappa shape index (κ1) is 20.6. The Morgan fingerprint density at radius 1 is 1.03 bits per heavy atom. The highest BCUT2D eigenvalue weighted by Gasteiger charge is 2.20. The molecule has 2 aromatic heterocycles. The number of carbonyl (C=O) groups is 1. The van der Waals surface area contributed by atoms with Crippen LogP contribution in [0.3, 0.4) is 0 Å². The van der Waals surface area contributed by atoms with Gasteiger partial charge in [0.25, 0.3) is 0 Å². The van der Waals surface area contributed by atoms with Crippen molar-refractivity contribution in [1.82, 2.24) is 19.7 Å². The number of ether oxygens (including phenoxy) is 1. The molecule has 0 bridgehead atoms. The van der Waals surface area contributed by atoms with E-state index in [0.29, 0.717) is 23.3 Å². The predicted octanol–water partition coefficient (Wildman–Crippen LogP) is 4.46. The van der Waals surface area contributed by atoms with E-state index in [0.717, 1.165) is 16.9 Å². The van der Waals surface area contributed by atoms with Gasteiger partial charge in [-0.1, -0.05) is 42.1 Å². The van der Waals surface area contributed by atoms with Gasteiger partial charge in [-0.05, 0) is 43.3 Å². The first-order chi connectivity index (χ1) is 15.3. The lowest BCUT2D eigenvalue weighted by Gasteiger charge is -2.14. The summed E-state index contributed by atoms with van der Waals surface area (Å²) < 4.78 is 7.74. The maximum atomic E-state index is 12.5. The molecule has 31 heavy (non-hydrogen) atoms. The van der Waals surface area contributed by atoms with E-state index in [1.807, 2.05) is 78.2 Å². The van der Waals surface area contributed by atoms with E-state index >= 15 is 0 Å². The van der Waals surface area contributed by atoms with Gasteiger partial charge in [-0.25, -0.2) is 0 Å². The largest absolute Gasteiger partial charge is 0.492 e. The lowest BCUT2D eigenvalue weighted by molar-refractivity contribution is -0.113. The summed E-state index contributed by atoms with van der Waals surface area (Å²) in [7, 11) is 0. The second-order valence-electron chi connectivity index (χ2n) is 6.49. The molecule has 2 heterocycles. The normalized spacial score (nSPS) is 10.6. The molecule has 2 aromatic carbocycles. The number of amides is 1. The molecule has 0 radical (unpaired) electrons. The Morgan fingerprint density at radius 2 is 1.84 bits per heavy atom. The molecule has 8 heteroatoms. The quantitative estimate of drug-likeness (QED) is 0.415. The van der Waals surface area contributed by atoms with Crippen molar-refractivity contribution in [2.24, 2.45) is 0 Å². The number of nitrogens with one attached hydrogen (secondary N) is 1. The topological polar surface area (TPSA) is 81.9 Å². The van der Waals surface area contributed by atoms with Crippen LogP contribution >= 0.6 is 11.8 Å². The predicted molar refractivity (Wildman–Crippen MR) is 122 cm³/mol. The summed E-state index contributed by atoms with van der Waals surface area (Å²) >= 11 is 1.31. The zero-order chi connectivity index (χ0) is 21.5. The molecule has 0 unspecified atom stereocenters. The Morgan fingerprint density at radius 3 is 2.61 bits per heavy atom. The van der Waals surface area contributed by atoms with E-state index in [9.17, 15) is 4.79 Å². The molecule has 156 valence electrons. The monoisotopic (exact) mass is 431 g/mol. The van der Waals surface area contributed by atoms with Crippen molar-refractivity contribution in [3.63, 3.8) is 0 Å². The molecule has 0 aliphatic heterocycles. The van der Waals surface area contributed by atoms with E-state index < -0.39 is 0 Å². The highest BCUT2D eigenvalue weighted by atomic mass is 32.2. The molecule has 1 amide bonds. The van der Waals surface area contributed by atoms with Crippen molar-refractivity contribution < 1.29 is 9.53 Å². The molecule has 0 aliphatic carbocycles. The van der Waals surface area contributed by atoms with Gasteiger partial charge in [0, 0.05) is 23.6 Å². The molecule has 4 aromatic rings. The van der Waals surface area contributed by atoms with Crippen LogP contribution in [0, 0.1) is 0 Å². The van der Waals surface area contributed by atoms with Crippen LogP contribution in [0.15, 0.2) is 84.3 Å². The average Bonchev–Trinajstić information content (AvgIpc) is 3.23. The molecule has 7 nitrogen and oxygen atoms in total. The average molecular weight is 432 g/mol. The number of hydrogen-bond acceptors (Lipinski definition) is 6. The van der Waals surface area contributed by atoms with Gasteiger partial charge in [0.15, 0.2) is 11.0 Å². The third-order valence-corrected chi connectivity index (χ3v) is 5.28. The number of rotatable bonds is 8. The molecular formula is C23H21N5O2S. The molecule has 0 atom stereocenters. The van der Waals surface area contributed by atoms with E-state index in [-0.39, 0.29) is 11.7 Å². The van der Waals surface area contributed by atoms with Crippen LogP contribution in [-0.2, 0) is 4.79 Å². The smallest absolute Gasteiger partial charge is 0.234 e. The molecular weight excluding hydrogens is 410 g/mol. The number of nitrogens with zero attached hydrogens (tertiary/aromatic N) is 4. The number of anilines is 1. The summed E-state index contributed by atoms with van der Waals surface area (Å²) in [6, 6.07) is 20.8. The Labute approximate surface area is 184 Å². The van der Waals surface area contributed by atoms with Gasteiger partial charge in [0.2, 0.25) is 5.91 Å². The number of carbonyl (C=O) groups excluding carboxylic acids is 1. The third kappa shape index (κ3) is 4.92. The van der Waals surface area contributed by atoms with Crippen molar-refractivity contribution in [3.8, 4) is 22.8 Å². The van der Waals surface area contributed by atoms with Gasteiger partial charge in [0.1, 0.15) is 5.75 Å². The van der Waals surface area contributed by atoms with Gasteiger partial charge >= 0.3 is 0 Å². The molecule has 0 fully saturated rings. The zero-order valence-corrected chi connectivity index (χ0v) is 17.7. The maximum absolute atomic E-state index is 12.5. The van der Waals surface area contributed by atoms with Crippen molar-refractivity contribution in [1.29, 1.82) is 0 Å². The van der Waals surface area contributed by atoms with Gasteiger partial charge < -0.3 is 10.1 Å². The lowest BCUT2D eigenvalue weighted by atomic mass is 10.2. The van der Waals surface area contributed by atoms with Gasteiger partial charge in [-0.2, -0.15) is 0 Å². The number of pyridine rings is 1. The highest BCUT2D eigenvalue weighted by molar-refractivity contribution is 7.99. The van der Waals surface area contributed by atoms with Crippen LogP contribution in [0.25, 0.3) is 17.1 Å². The minimum absolute atomic E-state index is 0.119. The van der Waals surface area contributed by atoms with Crippen LogP contribution < -0.4 is 10.1 Å². The van der Waals surface area contributed by atoms with Crippen LogP contribution in [0.1, 0.15) is 6.92 Å². The highest BCUT2D eigenvalue weighted by Crippen LogP contribution is 2.32. The number of hydrogen-bond donors (Lipinski definition) is 1. The van der Waals surface area contributed by atoms with Gasteiger partial charge in [-0.15, -0.1) is 10.2 Å². The van der Waals surface area contributed by atoms with E-state index in [1.54, 1.807) is 12.4 Å². The van der Waals surface area contributed by atoms with Gasteiger partial charge in [0.05, 0.1) is 18.0 Å². The number of aromatic nitrogens is 4. The number of thioether (sulfide) groups is 1. The molecule has 4 rings (SSSR count). The van der Waals surface area contributed by atoms with E-state index in [1.165, 1.54) is 11.8 Å². The summed E-state index contributed by atoms with van der Waals surface area (Å²) in [6.07, 6.45) is 3.45. The zero-order valence-electron chi connectivity index (χ0n) is 16.9. The standard InChI is InChI=1S/C23H21N5O2S/c1-2-30-20-13-7-6-12-19(20)28-22(17-9-8-14-24-15-17)26-27-23(28)31-16-21(29)25-18-10-4-3-5-11-18/h3-15H,2,16H2,1H3,(H,25,29). The fourth-order valence-electron chi connectivity index (χ4n) is 3.03. The maximum Gasteiger partial charge on any atom is 0.234 e.